The van der Waals surface area contributed by atoms with Gasteiger partial charge in [0.1, 0.15) is 0 Å². The minimum Gasteiger partial charge on any atom is -0.382 e. The third-order valence-electron chi connectivity index (χ3n) is 3.11. The van der Waals surface area contributed by atoms with Crippen molar-refractivity contribution in [2.45, 2.75) is 31.7 Å². The summed E-state index contributed by atoms with van der Waals surface area (Å²) in [5, 5.41) is 2.96. The molecule has 0 saturated carbocycles. The van der Waals surface area contributed by atoms with Crippen molar-refractivity contribution in [2.24, 2.45) is 5.73 Å². The Morgan fingerprint density at radius 2 is 1.68 bits per heavy atom. The van der Waals surface area contributed by atoms with Crippen LogP contribution < -0.4 is 11.1 Å². The zero-order chi connectivity index (χ0) is 14.6. The zero-order valence-electron chi connectivity index (χ0n) is 12.4. The van der Waals surface area contributed by atoms with E-state index in [2.05, 4.69) is 5.32 Å². The first kappa shape index (κ1) is 18.3. The Hall–Kier alpha value is -0.690. The predicted octanol–water partition coefficient (Wildman–Crippen LogP) is 0.300. The third kappa shape index (κ3) is 8.93. The van der Waals surface area contributed by atoms with E-state index in [1.807, 2.05) is 6.92 Å². The molecule has 1 unspecified atom stereocenters. The van der Waals surface area contributed by atoms with Crippen LogP contribution in [0, 0.1) is 0 Å². The average molecular weight is 276 g/mol. The molecule has 0 aliphatic carbocycles. The number of ether oxygens (including phenoxy) is 3. The first-order valence-electron chi connectivity index (χ1n) is 6.70. The Morgan fingerprint density at radius 3 is 2.21 bits per heavy atom. The highest BCUT2D eigenvalue weighted by Gasteiger charge is 2.27. The molecule has 0 radical (unpaired) electrons. The molecule has 114 valence electrons. The minimum absolute atomic E-state index is 0.317. The fourth-order valence-electron chi connectivity index (χ4n) is 1.52. The summed E-state index contributed by atoms with van der Waals surface area (Å²) in [6.07, 6.45) is 2.51. The Balaban J connectivity index is 3.38. The smallest absolute Gasteiger partial charge is 0.237 e. The number of hydrogen-bond donors (Lipinski definition) is 2. The van der Waals surface area contributed by atoms with E-state index in [0.717, 1.165) is 12.8 Å². The van der Waals surface area contributed by atoms with Gasteiger partial charge in [0.2, 0.25) is 5.91 Å². The van der Waals surface area contributed by atoms with Crippen LogP contribution in [0.5, 0.6) is 0 Å². The number of nitrogens with one attached hydrogen (secondary N) is 1. The molecule has 3 N–H and O–H groups in total. The maximum atomic E-state index is 11.2. The van der Waals surface area contributed by atoms with Crippen LogP contribution >= 0.6 is 0 Å². The molecule has 6 nitrogen and oxygen atoms in total. The largest absolute Gasteiger partial charge is 0.382 e. The molecular formula is C13H28N2O4. The lowest BCUT2D eigenvalue weighted by Gasteiger charge is -2.25. The van der Waals surface area contributed by atoms with Crippen molar-refractivity contribution in [3.05, 3.63) is 0 Å². The molecule has 0 aromatic rings. The molecule has 0 saturated heterocycles. The van der Waals surface area contributed by atoms with Gasteiger partial charge >= 0.3 is 0 Å². The molecular weight excluding hydrogens is 248 g/mol. The number of nitrogens with two attached hydrogens (primary N) is 1. The average Bonchev–Trinajstić information content (AvgIpc) is 2.40. The Kier molecular flexibility index (Phi) is 10.8. The second-order valence-corrected chi connectivity index (χ2v) is 4.62. The van der Waals surface area contributed by atoms with Crippen molar-refractivity contribution in [2.75, 3.05) is 47.2 Å². The van der Waals surface area contributed by atoms with Crippen LogP contribution in [-0.2, 0) is 19.0 Å². The van der Waals surface area contributed by atoms with Crippen molar-refractivity contribution in [1.82, 2.24) is 5.32 Å². The van der Waals surface area contributed by atoms with E-state index in [4.69, 9.17) is 19.9 Å². The number of amides is 1. The molecule has 0 aliphatic heterocycles. The first-order valence-corrected chi connectivity index (χ1v) is 6.70. The molecule has 1 amide bonds. The number of carbonyl (C=O) groups is 1. The molecule has 19 heavy (non-hydrogen) atoms. The summed E-state index contributed by atoms with van der Waals surface area (Å²) in [7, 11) is 3.39. The summed E-state index contributed by atoms with van der Waals surface area (Å²) in [6, 6.07) is 0. The van der Waals surface area contributed by atoms with Gasteiger partial charge < -0.3 is 25.3 Å². The second-order valence-electron chi connectivity index (χ2n) is 4.62. The summed E-state index contributed by atoms with van der Waals surface area (Å²) in [5.74, 6) is -0.317. The van der Waals surface area contributed by atoms with E-state index in [9.17, 15) is 4.79 Å². The second kappa shape index (κ2) is 11.2. The third-order valence-corrected chi connectivity index (χ3v) is 3.11. The Morgan fingerprint density at radius 1 is 1.11 bits per heavy atom. The van der Waals surface area contributed by atoms with E-state index >= 15 is 0 Å². The Labute approximate surface area is 116 Å². The van der Waals surface area contributed by atoms with Crippen molar-refractivity contribution in [3.63, 3.8) is 0 Å². The SMILES string of the molecule is CNC(C)(CCCCOCCOCCOC)C(N)=O. The van der Waals surface area contributed by atoms with Gasteiger partial charge in [-0.15, -0.1) is 0 Å². The summed E-state index contributed by atoms with van der Waals surface area (Å²) < 4.78 is 15.5. The van der Waals surface area contributed by atoms with Crippen LogP contribution in [0.3, 0.4) is 0 Å². The van der Waals surface area contributed by atoms with Gasteiger partial charge in [-0.2, -0.15) is 0 Å². The van der Waals surface area contributed by atoms with Gasteiger partial charge in [-0.05, 0) is 33.2 Å². The van der Waals surface area contributed by atoms with Crippen LogP contribution in [0.2, 0.25) is 0 Å². The van der Waals surface area contributed by atoms with Gasteiger partial charge in [0.25, 0.3) is 0 Å². The normalized spacial score (nSPS) is 14.3. The van der Waals surface area contributed by atoms with Crippen molar-refractivity contribution < 1.29 is 19.0 Å². The minimum atomic E-state index is -0.622. The number of rotatable bonds is 13. The summed E-state index contributed by atoms with van der Waals surface area (Å²) in [5.41, 5.74) is 4.72. The molecule has 0 aliphatic rings. The maximum Gasteiger partial charge on any atom is 0.237 e. The van der Waals surface area contributed by atoms with Gasteiger partial charge in [0.15, 0.2) is 0 Å². The number of likely N-dealkylation sites (N-methyl/N-ethyl adjacent to an activating group) is 1. The van der Waals surface area contributed by atoms with Crippen LogP contribution in [0.4, 0.5) is 0 Å². The van der Waals surface area contributed by atoms with Crippen LogP contribution in [0.25, 0.3) is 0 Å². The molecule has 0 rings (SSSR count). The molecule has 0 heterocycles. The Bertz CT molecular complexity index is 239. The van der Waals surface area contributed by atoms with E-state index in [1.54, 1.807) is 14.2 Å². The van der Waals surface area contributed by atoms with Gasteiger partial charge in [0.05, 0.1) is 32.0 Å². The van der Waals surface area contributed by atoms with E-state index in [0.29, 0.717) is 39.5 Å². The van der Waals surface area contributed by atoms with Gasteiger partial charge in [-0.25, -0.2) is 0 Å². The zero-order valence-corrected chi connectivity index (χ0v) is 12.4. The summed E-state index contributed by atoms with van der Waals surface area (Å²) in [6.45, 7) is 4.86. The summed E-state index contributed by atoms with van der Waals surface area (Å²) in [4.78, 5) is 11.2. The highest BCUT2D eigenvalue weighted by Crippen LogP contribution is 2.12. The predicted molar refractivity (Wildman–Crippen MR) is 74.0 cm³/mol. The molecule has 0 fully saturated rings. The first-order chi connectivity index (χ1) is 9.06. The van der Waals surface area contributed by atoms with Gasteiger partial charge in [0, 0.05) is 13.7 Å². The molecule has 0 aromatic carbocycles. The number of methoxy groups -OCH3 is 1. The highest BCUT2D eigenvalue weighted by atomic mass is 16.5. The molecule has 0 bridgehead atoms. The fourth-order valence-corrected chi connectivity index (χ4v) is 1.52. The highest BCUT2D eigenvalue weighted by molar-refractivity contribution is 5.84. The molecule has 6 heteroatoms. The van der Waals surface area contributed by atoms with Gasteiger partial charge in [-0.1, -0.05) is 0 Å². The van der Waals surface area contributed by atoms with E-state index < -0.39 is 5.54 Å². The van der Waals surface area contributed by atoms with Crippen molar-refractivity contribution in [1.29, 1.82) is 0 Å². The summed E-state index contributed by atoms with van der Waals surface area (Å²) >= 11 is 0. The standard InChI is InChI=1S/C13H28N2O4/c1-13(15-2,12(14)16)6-4-5-7-18-10-11-19-9-8-17-3/h15H,4-11H2,1-3H3,(H2,14,16). The molecule has 0 aromatic heterocycles. The lowest BCUT2D eigenvalue weighted by Crippen LogP contribution is -2.51. The van der Waals surface area contributed by atoms with Gasteiger partial charge in [-0.3, -0.25) is 4.79 Å². The van der Waals surface area contributed by atoms with Crippen LogP contribution in [0.1, 0.15) is 26.2 Å². The topological polar surface area (TPSA) is 82.8 Å². The van der Waals surface area contributed by atoms with E-state index in [-0.39, 0.29) is 5.91 Å². The van der Waals surface area contributed by atoms with Crippen LogP contribution in [0.15, 0.2) is 0 Å². The van der Waals surface area contributed by atoms with E-state index in [1.165, 1.54) is 0 Å². The van der Waals surface area contributed by atoms with Crippen molar-refractivity contribution in [3.8, 4) is 0 Å². The molecule has 0 spiro atoms. The lowest BCUT2D eigenvalue weighted by atomic mass is 9.94. The lowest BCUT2D eigenvalue weighted by molar-refractivity contribution is -0.123. The number of unbranched alkanes of at least 4 members (excludes halogenated alkanes) is 1. The monoisotopic (exact) mass is 276 g/mol. The maximum absolute atomic E-state index is 11.2. The molecule has 1 atom stereocenters. The quantitative estimate of drug-likeness (QED) is 0.473. The number of primary amides is 1. The fraction of sp³-hybridized carbons (Fsp3) is 0.923. The number of hydrogen-bond acceptors (Lipinski definition) is 5. The van der Waals surface area contributed by atoms with Crippen LogP contribution in [-0.4, -0.2) is 58.6 Å². The number of carbonyl (C=O) groups excluding carboxylic acids is 1. The van der Waals surface area contributed by atoms with Crippen molar-refractivity contribution >= 4 is 5.91 Å².